The number of ether oxygens (including phenoxy) is 1. The Morgan fingerprint density at radius 2 is 2.12 bits per heavy atom. The van der Waals surface area contributed by atoms with E-state index in [1.807, 2.05) is 0 Å². The number of rotatable bonds is 7. The maximum atomic E-state index is 5.92. The van der Waals surface area contributed by atoms with E-state index in [-0.39, 0.29) is 0 Å². The minimum atomic E-state index is 0.378. The standard InChI is InChI=1S/C19H30N4O/c1-3-20-19(22-17-14-16-10-11-18(17)24-16)21-12-7-13-23(2)15-8-5-4-6-9-15/h4-6,8-9,16-18H,3,7,10-14H2,1-2H3,(H2,20,21,22). The molecule has 0 amide bonds. The number of anilines is 1. The lowest BCUT2D eigenvalue weighted by atomic mass is 9.96. The van der Waals surface area contributed by atoms with Crippen LogP contribution in [0.3, 0.4) is 0 Å². The zero-order valence-corrected chi connectivity index (χ0v) is 14.9. The topological polar surface area (TPSA) is 48.9 Å². The van der Waals surface area contributed by atoms with E-state index in [1.165, 1.54) is 18.5 Å². The molecule has 0 spiro atoms. The molecule has 2 aliphatic heterocycles. The number of hydrogen-bond donors (Lipinski definition) is 2. The van der Waals surface area contributed by atoms with Gasteiger partial charge in [-0.15, -0.1) is 0 Å². The van der Waals surface area contributed by atoms with Crippen LogP contribution in [0.5, 0.6) is 0 Å². The van der Waals surface area contributed by atoms with Crippen molar-refractivity contribution in [2.45, 2.75) is 50.9 Å². The van der Waals surface area contributed by atoms with E-state index < -0.39 is 0 Å². The van der Waals surface area contributed by atoms with Crippen LogP contribution in [0.2, 0.25) is 0 Å². The third-order valence-corrected chi connectivity index (χ3v) is 4.89. The van der Waals surface area contributed by atoms with Gasteiger partial charge in [-0.2, -0.15) is 0 Å². The molecule has 24 heavy (non-hydrogen) atoms. The molecular formula is C19H30N4O. The first-order valence-corrected chi connectivity index (χ1v) is 9.22. The molecule has 2 bridgehead atoms. The molecule has 0 radical (unpaired) electrons. The highest BCUT2D eigenvalue weighted by Crippen LogP contribution is 2.34. The van der Waals surface area contributed by atoms with Gasteiger partial charge in [-0.25, -0.2) is 0 Å². The second kappa shape index (κ2) is 8.38. The molecule has 2 aliphatic rings. The van der Waals surface area contributed by atoms with Gasteiger partial charge in [0.1, 0.15) is 0 Å². The van der Waals surface area contributed by atoms with Gasteiger partial charge in [0, 0.05) is 32.4 Å². The van der Waals surface area contributed by atoms with Crippen molar-refractivity contribution in [3.05, 3.63) is 30.3 Å². The molecule has 2 fully saturated rings. The number of guanidine groups is 1. The lowest BCUT2D eigenvalue weighted by Gasteiger charge is -2.23. The van der Waals surface area contributed by atoms with Gasteiger partial charge in [0.15, 0.2) is 5.96 Å². The summed E-state index contributed by atoms with van der Waals surface area (Å²) in [7, 11) is 2.13. The molecule has 132 valence electrons. The number of benzene rings is 1. The van der Waals surface area contributed by atoms with Gasteiger partial charge in [-0.3, -0.25) is 4.99 Å². The summed E-state index contributed by atoms with van der Waals surface area (Å²) in [6.45, 7) is 4.83. The zero-order chi connectivity index (χ0) is 16.8. The van der Waals surface area contributed by atoms with Crippen molar-refractivity contribution in [3.8, 4) is 0 Å². The van der Waals surface area contributed by atoms with Crippen LogP contribution in [0.15, 0.2) is 35.3 Å². The molecule has 0 aromatic heterocycles. The SMILES string of the molecule is CCNC(=NCCCN(C)c1ccccc1)NC1CC2CCC1O2. The predicted molar refractivity (Wildman–Crippen MR) is 99.7 cm³/mol. The Balaban J connectivity index is 1.44. The van der Waals surface area contributed by atoms with Crippen LogP contribution in [-0.4, -0.2) is 50.9 Å². The molecule has 1 aromatic rings. The highest BCUT2D eigenvalue weighted by molar-refractivity contribution is 5.80. The van der Waals surface area contributed by atoms with E-state index in [2.05, 4.69) is 59.8 Å². The van der Waals surface area contributed by atoms with Crippen LogP contribution in [0.4, 0.5) is 5.69 Å². The largest absolute Gasteiger partial charge is 0.375 e. The van der Waals surface area contributed by atoms with Crippen LogP contribution in [0.25, 0.3) is 0 Å². The fourth-order valence-corrected chi connectivity index (χ4v) is 3.60. The van der Waals surface area contributed by atoms with Crippen LogP contribution in [-0.2, 0) is 4.74 Å². The molecular weight excluding hydrogens is 300 g/mol. The Hall–Kier alpha value is -1.75. The molecule has 5 nitrogen and oxygen atoms in total. The minimum absolute atomic E-state index is 0.378. The molecule has 5 heteroatoms. The number of nitrogens with zero attached hydrogens (tertiary/aromatic N) is 2. The van der Waals surface area contributed by atoms with Crippen molar-refractivity contribution in [2.75, 3.05) is 31.6 Å². The Bertz CT molecular complexity index is 533. The maximum Gasteiger partial charge on any atom is 0.191 e. The molecule has 3 unspecified atom stereocenters. The summed E-state index contributed by atoms with van der Waals surface area (Å²) < 4.78 is 5.92. The van der Waals surface area contributed by atoms with Crippen molar-refractivity contribution >= 4 is 11.6 Å². The summed E-state index contributed by atoms with van der Waals surface area (Å²) in [5, 5.41) is 6.93. The summed E-state index contributed by atoms with van der Waals surface area (Å²) in [4.78, 5) is 7.02. The van der Waals surface area contributed by atoms with E-state index in [0.29, 0.717) is 18.2 Å². The van der Waals surface area contributed by atoms with Gasteiger partial charge < -0.3 is 20.3 Å². The van der Waals surface area contributed by atoms with Crippen LogP contribution >= 0.6 is 0 Å². The van der Waals surface area contributed by atoms with Crippen molar-refractivity contribution < 1.29 is 4.74 Å². The molecule has 0 saturated carbocycles. The highest BCUT2D eigenvalue weighted by Gasteiger charge is 2.41. The summed E-state index contributed by atoms with van der Waals surface area (Å²) >= 11 is 0. The van der Waals surface area contributed by atoms with E-state index in [0.717, 1.165) is 38.4 Å². The third-order valence-electron chi connectivity index (χ3n) is 4.89. The lowest BCUT2D eigenvalue weighted by molar-refractivity contribution is 0.0992. The predicted octanol–water partition coefficient (Wildman–Crippen LogP) is 2.39. The number of aliphatic imine (C=N–C) groups is 1. The molecule has 2 saturated heterocycles. The van der Waals surface area contributed by atoms with Crippen LogP contribution in [0, 0.1) is 0 Å². The van der Waals surface area contributed by atoms with Crippen molar-refractivity contribution in [2.24, 2.45) is 4.99 Å². The van der Waals surface area contributed by atoms with Crippen molar-refractivity contribution in [3.63, 3.8) is 0 Å². The van der Waals surface area contributed by atoms with Gasteiger partial charge >= 0.3 is 0 Å². The van der Waals surface area contributed by atoms with E-state index in [1.54, 1.807) is 0 Å². The van der Waals surface area contributed by atoms with Gasteiger partial charge in [-0.05, 0) is 44.7 Å². The lowest BCUT2D eigenvalue weighted by Crippen LogP contribution is -2.47. The molecule has 2 N–H and O–H groups in total. The third kappa shape index (κ3) is 4.41. The number of para-hydroxylation sites is 1. The first-order chi connectivity index (χ1) is 11.8. The van der Waals surface area contributed by atoms with Gasteiger partial charge in [0.25, 0.3) is 0 Å². The zero-order valence-electron chi connectivity index (χ0n) is 14.9. The molecule has 2 heterocycles. The quantitative estimate of drug-likeness (QED) is 0.458. The van der Waals surface area contributed by atoms with E-state index in [4.69, 9.17) is 9.73 Å². The number of fused-ring (bicyclic) bond motifs is 2. The van der Waals surface area contributed by atoms with Crippen LogP contribution < -0.4 is 15.5 Å². The number of nitrogens with one attached hydrogen (secondary N) is 2. The summed E-state index contributed by atoms with van der Waals surface area (Å²) in [6.07, 6.45) is 5.41. The van der Waals surface area contributed by atoms with Crippen LogP contribution in [0.1, 0.15) is 32.6 Å². The van der Waals surface area contributed by atoms with Gasteiger partial charge in [-0.1, -0.05) is 18.2 Å². The van der Waals surface area contributed by atoms with Gasteiger partial charge in [0.2, 0.25) is 0 Å². The summed E-state index contributed by atoms with van der Waals surface area (Å²) in [6, 6.07) is 10.9. The first kappa shape index (κ1) is 17.1. The monoisotopic (exact) mass is 330 g/mol. The van der Waals surface area contributed by atoms with E-state index >= 15 is 0 Å². The molecule has 3 rings (SSSR count). The second-order valence-corrected chi connectivity index (χ2v) is 6.73. The normalized spacial score (nSPS) is 25.8. The smallest absolute Gasteiger partial charge is 0.191 e. The Morgan fingerprint density at radius 1 is 1.29 bits per heavy atom. The average molecular weight is 330 g/mol. The molecule has 0 aliphatic carbocycles. The minimum Gasteiger partial charge on any atom is -0.375 e. The van der Waals surface area contributed by atoms with E-state index in [9.17, 15) is 0 Å². The Kier molecular flexibility index (Phi) is 5.96. The fraction of sp³-hybridized carbons (Fsp3) is 0.632. The van der Waals surface area contributed by atoms with Gasteiger partial charge in [0.05, 0.1) is 18.2 Å². The molecule has 3 atom stereocenters. The molecule has 1 aromatic carbocycles. The fourth-order valence-electron chi connectivity index (χ4n) is 3.60. The summed E-state index contributed by atoms with van der Waals surface area (Å²) in [5.41, 5.74) is 1.26. The first-order valence-electron chi connectivity index (χ1n) is 9.22. The Labute approximate surface area is 145 Å². The highest BCUT2D eigenvalue weighted by atomic mass is 16.5. The second-order valence-electron chi connectivity index (χ2n) is 6.73. The van der Waals surface area contributed by atoms with Crippen molar-refractivity contribution in [1.29, 1.82) is 0 Å². The Morgan fingerprint density at radius 3 is 2.79 bits per heavy atom. The summed E-state index contributed by atoms with van der Waals surface area (Å²) in [5.74, 6) is 0.931. The maximum absolute atomic E-state index is 5.92. The van der Waals surface area contributed by atoms with Crippen molar-refractivity contribution in [1.82, 2.24) is 10.6 Å². The average Bonchev–Trinajstić information content (AvgIpc) is 3.22. The number of hydrogen-bond acceptors (Lipinski definition) is 3.